The molecule has 5 N–H and O–H groups in total. The lowest BCUT2D eigenvalue weighted by Gasteiger charge is -2.10. The van der Waals surface area contributed by atoms with E-state index in [4.69, 9.17) is 30.1 Å². The molecule has 0 atom stereocenters. The van der Waals surface area contributed by atoms with Crippen LogP contribution in [0.1, 0.15) is 73.6 Å². The van der Waals surface area contributed by atoms with E-state index in [1.807, 2.05) is 67.6 Å². The minimum atomic E-state index is -0.335. The SMILES string of the molecule is C#Cc1cccc(C(=O)Nc2cccc(Oc3cccnc3)c2)c1.Cc1cc(C(=O)Nc2cccc(Oc3cccnc3)c2)ccc1F.Cc1cccc(C(=O)Nc2cc(C#N)cc(Oc3cncnc3)c2)c1.O=C(Nc1cccc(Oc2cccnc2)c1)c1cscn1.O=C(Nc1cccc(Oc2cccnc2)c1)c1nccs1. The highest BCUT2D eigenvalue weighted by molar-refractivity contribution is 7.11. The number of aryl methyl sites for hydroxylation is 2. The molecule has 0 saturated carbocycles. The van der Waals surface area contributed by atoms with Crippen molar-refractivity contribution in [3.8, 4) is 75.9 Å². The van der Waals surface area contributed by atoms with Gasteiger partial charge in [0.2, 0.25) is 0 Å². The molecule has 0 radical (unpaired) electrons. The molecule has 5 amide bonds. The van der Waals surface area contributed by atoms with E-state index in [-0.39, 0.29) is 35.4 Å². The Morgan fingerprint density at radius 1 is 0.391 bits per heavy atom. The van der Waals surface area contributed by atoms with E-state index in [1.165, 1.54) is 59.6 Å². The number of amides is 5. The van der Waals surface area contributed by atoms with Crippen LogP contribution in [0.15, 0.2) is 321 Å². The van der Waals surface area contributed by atoms with Gasteiger partial charge < -0.3 is 50.3 Å². The third kappa shape index (κ3) is 25.8. The molecule has 15 aromatic rings. The van der Waals surface area contributed by atoms with Crippen LogP contribution in [-0.4, -0.2) is 69.4 Å². The Hall–Kier alpha value is -16.0. The number of anilines is 5. The van der Waals surface area contributed by atoms with Gasteiger partial charge in [0.1, 0.15) is 69.6 Å². The number of nitriles is 1. The van der Waals surface area contributed by atoms with Crippen LogP contribution < -0.4 is 50.3 Å². The summed E-state index contributed by atoms with van der Waals surface area (Å²) in [5.74, 6) is 6.71. The summed E-state index contributed by atoms with van der Waals surface area (Å²) >= 11 is 2.67. The van der Waals surface area contributed by atoms with Crippen LogP contribution in [0.4, 0.5) is 32.8 Å². The maximum absolute atomic E-state index is 13.3. The van der Waals surface area contributed by atoms with Gasteiger partial charge in [0.25, 0.3) is 29.5 Å². The lowest BCUT2D eigenvalue weighted by atomic mass is 10.1. The highest BCUT2D eigenvalue weighted by atomic mass is 32.1. The monoisotopic (exact) mass is 1560 g/mol. The van der Waals surface area contributed by atoms with E-state index in [0.29, 0.717) is 130 Å². The van der Waals surface area contributed by atoms with Crippen molar-refractivity contribution in [2.24, 2.45) is 0 Å². The van der Waals surface area contributed by atoms with Gasteiger partial charge in [0.15, 0.2) is 10.8 Å². The predicted octanol–water partition coefficient (Wildman–Crippen LogP) is 19.5. The van der Waals surface area contributed by atoms with E-state index in [0.717, 1.165) is 5.56 Å². The number of benzene rings is 8. The van der Waals surface area contributed by atoms with Crippen LogP contribution in [-0.2, 0) is 0 Å². The van der Waals surface area contributed by atoms with Gasteiger partial charge in [-0.25, -0.2) is 24.3 Å². The number of carbonyl (C=O) groups excluding carboxylic acids is 5. The minimum absolute atomic E-state index is 0.231. The number of pyridine rings is 4. The molecule has 115 heavy (non-hydrogen) atoms. The van der Waals surface area contributed by atoms with Crippen LogP contribution in [0.25, 0.3) is 0 Å². The summed E-state index contributed by atoms with van der Waals surface area (Å²) in [6.07, 6.45) is 24.5. The first-order chi connectivity index (χ1) is 56.1. The minimum Gasteiger partial charge on any atom is -0.456 e. The smallest absolute Gasteiger partial charge is 0.284 e. The van der Waals surface area contributed by atoms with Crippen molar-refractivity contribution < 1.29 is 52.0 Å². The number of halogens is 1. The Labute approximate surface area is 667 Å². The van der Waals surface area contributed by atoms with Crippen molar-refractivity contribution in [1.29, 1.82) is 5.26 Å². The molecule has 0 aliphatic heterocycles. The number of terminal acetylenes is 1. The van der Waals surface area contributed by atoms with Crippen molar-refractivity contribution in [3.63, 3.8) is 0 Å². The summed E-state index contributed by atoms with van der Waals surface area (Å²) in [6.45, 7) is 3.54. The maximum Gasteiger partial charge on any atom is 0.284 e. The molecule has 15 rings (SSSR count). The summed E-state index contributed by atoms with van der Waals surface area (Å²) < 4.78 is 41.6. The first kappa shape index (κ1) is 80.1. The lowest BCUT2D eigenvalue weighted by Crippen LogP contribution is -2.12. The molecule has 7 aromatic heterocycles. The fraction of sp³-hybridized carbons (Fsp3) is 0.0227. The van der Waals surface area contributed by atoms with Crippen LogP contribution in [0.2, 0.25) is 0 Å². The highest BCUT2D eigenvalue weighted by Crippen LogP contribution is 2.30. The number of hydrogen-bond acceptors (Lipinski definition) is 21. The molecule has 0 fully saturated rings. The number of rotatable bonds is 20. The first-order valence-corrected chi connectivity index (χ1v) is 36.4. The Morgan fingerprint density at radius 3 is 1.25 bits per heavy atom. The fourth-order valence-corrected chi connectivity index (χ4v) is 11.0. The third-order valence-corrected chi connectivity index (χ3v) is 16.6. The zero-order chi connectivity index (χ0) is 80.4. The van der Waals surface area contributed by atoms with Gasteiger partial charge in [0, 0.05) is 123 Å². The normalized spacial score (nSPS) is 10.0. The number of carbonyl (C=O) groups is 5. The highest BCUT2D eigenvalue weighted by Gasteiger charge is 2.15. The Morgan fingerprint density at radius 2 is 0.817 bits per heavy atom. The molecular weight excluding hydrogens is 1500 g/mol. The largest absolute Gasteiger partial charge is 0.456 e. The molecule has 566 valence electrons. The van der Waals surface area contributed by atoms with E-state index in [2.05, 4.69) is 78.4 Å². The number of ether oxygens (including phenoxy) is 5. The topological polar surface area (TPSA) is 319 Å². The number of nitrogens with zero attached hydrogens (tertiary/aromatic N) is 9. The van der Waals surface area contributed by atoms with E-state index < -0.39 is 0 Å². The summed E-state index contributed by atoms with van der Waals surface area (Å²) in [6, 6.07) is 68.2. The molecule has 0 bridgehead atoms. The second kappa shape index (κ2) is 41.6. The van der Waals surface area contributed by atoms with Gasteiger partial charge in [-0.2, -0.15) is 5.26 Å². The van der Waals surface area contributed by atoms with Gasteiger partial charge >= 0.3 is 0 Å². The molecule has 0 unspecified atom stereocenters. The third-order valence-electron chi connectivity index (χ3n) is 15.2. The average Bonchev–Trinajstić information content (AvgIpc) is 1.83. The number of aromatic nitrogens is 8. The van der Waals surface area contributed by atoms with Crippen molar-refractivity contribution >= 4 is 80.6 Å². The van der Waals surface area contributed by atoms with Gasteiger partial charge in [-0.3, -0.25) is 43.9 Å². The first-order valence-electron chi connectivity index (χ1n) is 34.6. The molecule has 8 aromatic carbocycles. The van der Waals surface area contributed by atoms with Gasteiger partial charge in [-0.15, -0.1) is 29.1 Å². The van der Waals surface area contributed by atoms with E-state index >= 15 is 0 Å². The van der Waals surface area contributed by atoms with Crippen molar-refractivity contribution in [1.82, 2.24) is 39.9 Å². The Kier molecular flexibility index (Phi) is 28.9. The van der Waals surface area contributed by atoms with Crippen molar-refractivity contribution in [2.75, 3.05) is 26.6 Å². The lowest BCUT2D eigenvalue weighted by molar-refractivity contribution is 0.101. The molecule has 0 aliphatic rings. The standard InChI is InChI=1S/C20H14N2O2.C19H15FN2O2.C19H14N4O2.2C15H11N3O2S/c1-2-15-6-3-7-16(12-15)20(23)22-17-8-4-9-18(13-17)24-19-10-5-11-21-14-19;1-13-10-14(7-8-18(13)20)19(23)22-15-4-2-5-16(11-15)24-17-6-3-9-21-12-17;1-13-3-2-4-15(5-13)19(24)23-16-6-14(9-20)7-17(8-16)25-18-10-21-12-22-11-18;19-15(14-9-21-10-17-14)18-11-3-1-4-12(7-11)20-13-5-2-6-16-8-13;19-14(15-17-7-8-21-15)18-11-3-1-4-12(9-11)20-13-5-2-6-16-10-13/h1,3-14H,(H,22,23);2-12H,1H3,(H,22,23);2-8,10-12H,1H3,(H,23,24);2*1-10H,(H,18,19). The number of thiazole rings is 2. The maximum atomic E-state index is 13.3. The second-order valence-electron chi connectivity index (χ2n) is 23.8. The number of nitrogens with one attached hydrogen (secondary N) is 5. The molecule has 7 heterocycles. The molecule has 0 spiro atoms. The zero-order valence-corrected chi connectivity index (χ0v) is 62.6. The average molecular weight is 1560 g/mol. The summed E-state index contributed by atoms with van der Waals surface area (Å²) in [4.78, 5) is 92.4. The van der Waals surface area contributed by atoms with Crippen LogP contribution >= 0.6 is 22.7 Å². The number of hydrogen-bond donors (Lipinski definition) is 5. The summed E-state index contributed by atoms with van der Waals surface area (Å²) in [7, 11) is 0. The fourth-order valence-electron chi connectivity index (χ4n) is 9.96. The van der Waals surface area contributed by atoms with Gasteiger partial charge in [0.05, 0.1) is 54.3 Å². The Balaban J connectivity index is 0.000000142. The van der Waals surface area contributed by atoms with Crippen molar-refractivity contribution in [3.05, 3.63) is 377 Å². The summed E-state index contributed by atoms with van der Waals surface area (Å²) in [5.41, 5.74) is 8.90. The van der Waals surface area contributed by atoms with Gasteiger partial charge in [-0.1, -0.05) is 53.9 Å². The van der Waals surface area contributed by atoms with Crippen LogP contribution in [0.3, 0.4) is 0 Å². The predicted molar refractivity (Wildman–Crippen MR) is 437 cm³/mol. The van der Waals surface area contributed by atoms with Crippen LogP contribution in [0, 0.1) is 43.3 Å². The molecule has 0 aliphatic carbocycles. The van der Waals surface area contributed by atoms with E-state index in [9.17, 15) is 33.6 Å². The molecule has 27 heteroatoms. The Bertz CT molecular complexity index is 5710. The van der Waals surface area contributed by atoms with Gasteiger partial charge in [-0.05, 0) is 177 Å². The van der Waals surface area contributed by atoms with E-state index in [1.54, 1.807) is 231 Å². The zero-order valence-electron chi connectivity index (χ0n) is 61.0. The second-order valence-corrected chi connectivity index (χ2v) is 25.5. The van der Waals surface area contributed by atoms with Crippen LogP contribution in [0.5, 0.6) is 57.5 Å². The van der Waals surface area contributed by atoms with Crippen molar-refractivity contribution in [2.45, 2.75) is 13.8 Å². The summed E-state index contributed by atoms with van der Waals surface area (Å²) in [5, 5.41) is 27.0. The quantitative estimate of drug-likeness (QED) is 0.0443. The molecule has 0 saturated heterocycles. The molecular formula is C88H65FN14O10S2. The molecule has 24 nitrogen and oxygen atoms in total.